The summed E-state index contributed by atoms with van der Waals surface area (Å²) in [6, 6.07) is 8.05. The molecule has 0 saturated heterocycles. The normalized spacial score (nSPS) is 12.4. The molecular formula is C18H26ClIN4O. The van der Waals surface area contributed by atoms with Gasteiger partial charge in [-0.1, -0.05) is 24.6 Å². The molecule has 138 valence electrons. The number of nitrogens with one attached hydrogen (secondary N) is 2. The van der Waals surface area contributed by atoms with Crippen molar-refractivity contribution >= 4 is 41.5 Å². The summed E-state index contributed by atoms with van der Waals surface area (Å²) >= 11 is 5.81. The largest absolute Gasteiger partial charge is 0.469 e. The van der Waals surface area contributed by atoms with Crippen molar-refractivity contribution in [1.29, 1.82) is 0 Å². The molecule has 1 atom stereocenters. The van der Waals surface area contributed by atoms with Crippen LogP contribution in [0.1, 0.15) is 31.6 Å². The van der Waals surface area contributed by atoms with Crippen LogP contribution >= 0.6 is 35.6 Å². The van der Waals surface area contributed by atoms with E-state index in [9.17, 15) is 0 Å². The Morgan fingerprint density at radius 1 is 1.32 bits per heavy atom. The lowest BCUT2D eigenvalue weighted by Crippen LogP contribution is -2.43. The van der Waals surface area contributed by atoms with Gasteiger partial charge < -0.3 is 15.1 Å². The second-order valence-corrected chi connectivity index (χ2v) is 6.07. The van der Waals surface area contributed by atoms with Crippen LogP contribution in [0.2, 0.25) is 5.15 Å². The molecule has 25 heavy (non-hydrogen) atoms. The smallest absolute Gasteiger partial charge is 0.191 e. The van der Waals surface area contributed by atoms with Gasteiger partial charge in [0.25, 0.3) is 0 Å². The number of guanidine groups is 1. The molecule has 0 aliphatic carbocycles. The highest BCUT2D eigenvalue weighted by Crippen LogP contribution is 2.05. The zero-order chi connectivity index (χ0) is 17.2. The standard InChI is InChI=1S/C18H25ClN4O.HI/c1-3-14(2)23-18(21-11-9-16-5-4-12-24-16)20-10-8-15-6-7-17(19)22-13-15;/h4-7,12-14H,3,8-11H2,1-2H3,(H2,20,21,23);1H. The summed E-state index contributed by atoms with van der Waals surface area (Å²) in [7, 11) is 0. The molecule has 2 rings (SSSR count). The van der Waals surface area contributed by atoms with Gasteiger partial charge in [0, 0.05) is 31.7 Å². The summed E-state index contributed by atoms with van der Waals surface area (Å²) in [5, 5.41) is 7.31. The molecule has 0 aliphatic rings. The molecule has 0 saturated carbocycles. The summed E-state index contributed by atoms with van der Waals surface area (Å²) in [6.45, 7) is 5.76. The Kier molecular flexibility index (Phi) is 10.6. The first-order valence-corrected chi connectivity index (χ1v) is 8.73. The van der Waals surface area contributed by atoms with Crippen molar-refractivity contribution in [1.82, 2.24) is 15.6 Å². The monoisotopic (exact) mass is 476 g/mol. The van der Waals surface area contributed by atoms with Gasteiger partial charge in [-0.25, -0.2) is 4.98 Å². The van der Waals surface area contributed by atoms with Gasteiger partial charge in [-0.2, -0.15) is 0 Å². The van der Waals surface area contributed by atoms with Crippen molar-refractivity contribution in [3.05, 3.63) is 53.2 Å². The van der Waals surface area contributed by atoms with Crippen LogP contribution < -0.4 is 10.6 Å². The Bertz CT molecular complexity index is 617. The van der Waals surface area contributed by atoms with Crippen LogP contribution in [0.5, 0.6) is 0 Å². The lowest BCUT2D eigenvalue weighted by molar-refractivity contribution is 0.510. The maximum absolute atomic E-state index is 5.81. The van der Waals surface area contributed by atoms with Gasteiger partial charge in [0.2, 0.25) is 0 Å². The van der Waals surface area contributed by atoms with Crippen molar-refractivity contribution < 1.29 is 4.42 Å². The Hall–Kier alpha value is -1.28. The average molecular weight is 477 g/mol. The fraction of sp³-hybridized carbons (Fsp3) is 0.444. The van der Waals surface area contributed by atoms with Gasteiger partial charge in [0.05, 0.1) is 6.26 Å². The van der Waals surface area contributed by atoms with Crippen LogP contribution in [-0.2, 0) is 12.8 Å². The Morgan fingerprint density at radius 2 is 2.16 bits per heavy atom. The zero-order valence-electron chi connectivity index (χ0n) is 14.7. The van der Waals surface area contributed by atoms with Gasteiger partial charge in [0.1, 0.15) is 10.9 Å². The molecule has 2 aromatic heterocycles. The highest BCUT2D eigenvalue weighted by Gasteiger charge is 2.04. The van der Waals surface area contributed by atoms with Gasteiger partial charge in [0.15, 0.2) is 5.96 Å². The summed E-state index contributed by atoms with van der Waals surface area (Å²) < 4.78 is 5.34. The summed E-state index contributed by atoms with van der Waals surface area (Å²) in [5.41, 5.74) is 1.14. The number of nitrogens with zero attached hydrogens (tertiary/aromatic N) is 2. The summed E-state index contributed by atoms with van der Waals surface area (Å²) in [6.07, 6.45) is 6.20. The zero-order valence-corrected chi connectivity index (χ0v) is 17.8. The Labute approximate surface area is 171 Å². The predicted octanol–water partition coefficient (Wildman–Crippen LogP) is 4.06. The van der Waals surface area contributed by atoms with Crippen molar-refractivity contribution in [2.45, 2.75) is 39.2 Å². The van der Waals surface area contributed by atoms with Crippen molar-refractivity contribution in [2.75, 3.05) is 13.1 Å². The highest BCUT2D eigenvalue weighted by molar-refractivity contribution is 14.0. The first kappa shape index (κ1) is 21.8. The van der Waals surface area contributed by atoms with E-state index in [1.165, 1.54) is 0 Å². The molecular weight excluding hydrogens is 451 g/mol. The van der Waals surface area contributed by atoms with E-state index in [-0.39, 0.29) is 24.0 Å². The van der Waals surface area contributed by atoms with E-state index in [0.717, 1.165) is 43.1 Å². The first-order valence-electron chi connectivity index (χ1n) is 8.35. The molecule has 0 aromatic carbocycles. The summed E-state index contributed by atoms with van der Waals surface area (Å²) in [4.78, 5) is 8.73. The molecule has 0 radical (unpaired) electrons. The quantitative estimate of drug-likeness (QED) is 0.261. The molecule has 0 spiro atoms. The fourth-order valence-corrected chi connectivity index (χ4v) is 2.21. The molecule has 2 heterocycles. The molecule has 0 aliphatic heterocycles. The van der Waals surface area contributed by atoms with E-state index < -0.39 is 0 Å². The van der Waals surface area contributed by atoms with E-state index in [0.29, 0.717) is 17.7 Å². The molecule has 2 aromatic rings. The molecule has 0 bridgehead atoms. The van der Waals surface area contributed by atoms with E-state index in [1.54, 1.807) is 12.5 Å². The van der Waals surface area contributed by atoms with E-state index in [1.807, 2.05) is 24.3 Å². The molecule has 0 amide bonds. The minimum absolute atomic E-state index is 0. The fourth-order valence-electron chi connectivity index (χ4n) is 2.10. The molecule has 1 unspecified atom stereocenters. The number of rotatable bonds is 8. The molecule has 2 N–H and O–H groups in total. The van der Waals surface area contributed by atoms with Gasteiger partial charge in [-0.05, 0) is 43.5 Å². The second kappa shape index (κ2) is 12.1. The number of hydrogen-bond acceptors (Lipinski definition) is 3. The van der Waals surface area contributed by atoms with Crippen molar-refractivity contribution in [3.8, 4) is 0 Å². The molecule has 5 nitrogen and oxygen atoms in total. The predicted molar refractivity (Wildman–Crippen MR) is 114 cm³/mol. The van der Waals surface area contributed by atoms with E-state index >= 15 is 0 Å². The maximum Gasteiger partial charge on any atom is 0.191 e. The van der Waals surface area contributed by atoms with Crippen molar-refractivity contribution in [2.24, 2.45) is 4.99 Å². The lowest BCUT2D eigenvalue weighted by Gasteiger charge is -2.17. The van der Waals surface area contributed by atoms with E-state index in [2.05, 4.69) is 34.5 Å². The third kappa shape index (κ3) is 8.58. The van der Waals surface area contributed by atoms with Crippen LogP contribution in [0.25, 0.3) is 0 Å². The second-order valence-electron chi connectivity index (χ2n) is 5.68. The van der Waals surface area contributed by atoms with Gasteiger partial charge in [-0.15, -0.1) is 24.0 Å². The lowest BCUT2D eigenvalue weighted by atomic mass is 10.2. The average Bonchev–Trinajstić information content (AvgIpc) is 3.09. The van der Waals surface area contributed by atoms with Crippen LogP contribution in [0.15, 0.2) is 46.1 Å². The summed E-state index contributed by atoms with van der Waals surface area (Å²) in [5.74, 6) is 1.78. The van der Waals surface area contributed by atoms with Crippen LogP contribution in [0.4, 0.5) is 0 Å². The number of furan rings is 1. The Balaban J connectivity index is 0.00000312. The minimum Gasteiger partial charge on any atom is -0.469 e. The molecule has 0 fully saturated rings. The van der Waals surface area contributed by atoms with Crippen LogP contribution in [-0.4, -0.2) is 30.1 Å². The van der Waals surface area contributed by atoms with Gasteiger partial charge in [-0.3, -0.25) is 4.99 Å². The number of halogens is 2. The number of aliphatic imine (C=N–C) groups is 1. The third-order valence-electron chi connectivity index (χ3n) is 3.70. The number of aromatic nitrogens is 1. The van der Waals surface area contributed by atoms with E-state index in [4.69, 9.17) is 16.0 Å². The van der Waals surface area contributed by atoms with Gasteiger partial charge >= 0.3 is 0 Å². The minimum atomic E-state index is 0. The third-order valence-corrected chi connectivity index (χ3v) is 3.92. The SMILES string of the molecule is CCC(C)NC(=NCCc1ccco1)NCCc1ccc(Cl)nc1.I. The number of hydrogen-bond donors (Lipinski definition) is 2. The Morgan fingerprint density at radius 3 is 2.80 bits per heavy atom. The molecule has 7 heteroatoms. The highest BCUT2D eigenvalue weighted by atomic mass is 127. The topological polar surface area (TPSA) is 62.5 Å². The number of pyridine rings is 1. The maximum atomic E-state index is 5.81. The van der Waals surface area contributed by atoms with Crippen molar-refractivity contribution in [3.63, 3.8) is 0 Å². The first-order chi connectivity index (χ1) is 11.7. The van der Waals surface area contributed by atoms with Crippen LogP contribution in [0, 0.1) is 0 Å². The van der Waals surface area contributed by atoms with Crippen LogP contribution in [0.3, 0.4) is 0 Å².